The van der Waals surface area contributed by atoms with Crippen molar-refractivity contribution in [3.05, 3.63) is 45.8 Å². The molecule has 6 nitrogen and oxygen atoms in total. The van der Waals surface area contributed by atoms with E-state index in [9.17, 15) is 14.4 Å². The van der Waals surface area contributed by atoms with Crippen LogP contribution in [0.4, 0.5) is 0 Å². The Labute approximate surface area is 158 Å². The average Bonchev–Trinajstić information content (AvgIpc) is 2.61. The van der Waals surface area contributed by atoms with E-state index in [0.29, 0.717) is 24.1 Å². The highest BCUT2D eigenvalue weighted by Gasteiger charge is 2.20. The molecule has 0 saturated heterocycles. The molecule has 1 amide bonds. The fraction of sp³-hybridized carbons (Fsp3) is 0.476. The summed E-state index contributed by atoms with van der Waals surface area (Å²) in [5.74, 6) is -0.420. The van der Waals surface area contributed by atoms with Crippen LogP contribution >= 0.6 is 0 Å². The number of ether oxygens (including phenoxy) is 1. The standard InChI is InChI=1S/C21H27NO5/c1-5-14-8-9-16-15(12-19(24)27-17(16)11-14)13-26-18(23)7-6-10-22-20(25)21(2,3)4/h8-9,11-12H,5-7,10,13H2,1-4H3,(H,22,25). The van der Waals surface area contributed by atoms with Crippen LogP contribution in [0.25, 0.3) is 11.0 Å². The molecule has 0 radical (unpaired) electrons. The van der Waals surface area contributed by atoms with Gasteiger partial charge in [-0.3, -0.25) is 9.59 Å². The van der Waals surface area contributed by atoms with Crippen LogP contribution in [0.1, 0.15) is 51.7 Å². The highest BCUT2D eigenvalue weighted by Crippen LogP contribution is 2.20. The van der Waals surface area contributed by atoms with Gasteiger partial charge in [0.05, 0.1) is 0 Å². The molecule has 0 saturated carbocycles. The molecular weight excluding hydrogens is 346 g/mol. The van der Waals surface area contributed by atoms with E-state index in [1.54, 1.807) is 0 Å². The Balaban J connectivity index is 1.90. The number of rotatable bonds is 7. The highest BCUT2D eigenvalue weighted by molar-refractivity contribution is 5.82. The molecule has 0 unspecified atom stereocenters. The van der Waals surface area contributed by atoms with Gasteiger partial charge in [0.15, 0.2) is 0 Å². The maximum absolute atomic E-state index is 11.9. The molecule has 0 bridgehead atoms. The molecule has 1 heterocycles. The predicted octanol–water partition coefficient (Wildman–Crippen LogP) is 3.34. The smallest absolute Gasteiger partial charge is 0.336 e. The first-order valence-electron chi connectivity index (χ1n) is 9.20. The third-order valence-corrected chi connectivity index (χ3v) is 4.22. The molecule has 0 aliphatic heterocycles. The lowest BCUT2D eigenvalue weighted by Gasteiger charge is -2.17. The number of amides is 1. The summed E-state index contributed by atoms with van der Waals surface area (Å²) in [4.78, 5) is 35.5. The predicted molar refractivity (Wildman–Crippen MR) is 103 cm³/mol. The van der Waals surface area contributed by atoms with Gasteiger partial charge in [-0.2, -0.15) is 0 Å². The van der Waals surface area contributed by atoms with E-state index < -0.39 is 11.0 Å². The van der Waals surface area contributed by atoms with Gasteiger partial charge in [-0.1, -0.05) is 39.8 Å². The van der Waals surface area contributed by atoms with Crippen molar-refractivity contribution in [3.63, 3.8) is 0 Å². The minimum Gasteiger partial charge on any atom is -0.461 e. The monoisotopic (exact) mass is 373 g/mol. The van der Waals surface area contributed by atoms with E-state index in [2.05, 4.69) is 5.32 Å². The summed E-state index contributed by atoms with van der Waals surface area (Å²) in [7, 11) is 0. The zero-order chi connectivity index (χ0) is 20.0. The number of hydrogen-bond donors (Lipinski definition) is 1. The van der Waals surface area contributed by atoms with Gasteiger partial charge in [0.25, 0.3) is 0 Å². The van der Waals surface area contributed by atoms with Crippen molar-refractivity contribution < 1.29 is 18.7 Å². The summed E-state index contributed by atoms with van der Waals surface area (Å²) in [5.41, 5.74) is 1.27. The zero-order valence-corrected chi connectivity index (χ0v) is 16.4. The second-order valence-corrected chi connectivity index (χ2v) is 7.54. The van der Waals surface area contributed by atoms with E-state index in [4.69, 9.17) is 9.15 Å². The maximum Gasteiger partial charge on any atom is 0.336 e. The van der Waals surface area contributed by atoms with Crippen LogP contribution in [0, 0.1) is 5.41 Å². The molecule has 1 N–H and O–H groups in total. The molecule has 146 valence electrons. The second kappa shape index (κ2) is 8.84. The van der Waals surface area contributed by atoms with Crippen LogP contribution in [-0.2, 0) is 27.4 Å². The van der Waals surface area contributed by atoms with Crippen molar-refractivity contribution in [1.29, 1.82) is 0 Å². The molecule has 6 heteroatoms. The number of hydrogen-bond acceptors (Lipinski definition) is 5. The van der Waals surface area contributed by atoms with Gasteiger partial charge in [-0.25, -0.2) is 4.79 Å². The highest BCUT2D eigenvalue weighted by atomic mass is 16.5. The maximum atomic E-state index is 11.9. The van der Waals surface area contributed by atoms with Gasteiger partial charge in [0.1, 0.15) is 12.2 Å². The van der Waals surface area contributed by atoms with Gasteiger partial charge in [0.2, 0.25) is 5.91 Å². The molecule has 2 rings (SSSR count). The van der Waals surface area contributed by atoms with Crippen LogP contribution in [0.3, 0.4) is 0 Å². The van der Waals surface area contributed by atoms with Crippen LogP contribution < -0.4 is 10.9 Å². The number of carbonyl (C=O) groups excluding carboxylic acids is 2. The normalized spacial score (nSPS) is 11.4. The average molecular weight is 373 g/mol. The fourth-order valence-electron chi connectivity index (χ4n) is 2.54. The molecule has 2 aromatic rings. The van der Waals surface area contributed by atoms with Crippen LogP contribution in [0.15, 0.2) is 33.5 Å². The second-order valence-electron chi connectivity index (χ2n) is 7.54. The molecule has 27 heavy (non-hydrogen) atoms. The SMILES string of the molecule is CCc1ccc2c(COC(=O)CCCNC(=O)C(C)(C)C)cc(=O)oc2c1. The Morgan fingerprint density at radius 3 is 2.59 bits per heavy atom. The lowest BCUT2D eigenvalue weighted by atomic mass is 9.96. The first kappa shape index (κ1) is 20.7. The molecule has 1 aromatic heterocycles. The zero-order valence-electron chi connectivity index (χ0n) is 16.4. The summed E-state index contributed by atoms with van der Waals surface area (Å²) in [6.07, 6.45) is 1.53. The Kier molecular flexibility index (Phi) is 6.77. The van der Waals surface area contributed by atoms with Gasteiger partial charge in [0, 0.05) is 35.4 Å². The van der Waals surface area contributed by atoms with Crippen LogP contribution in [0.5, 0.6) is 0 Å². The number of carbonyl (C=O) groups is 2. The number of aryl methyl sites for hydroxylation is 1. The van der Waals surface area contributed by atoms with Crippen molar-refractivity contribution in [2.24, 2.45) is 5.41 Å². The number of nitrogens with one attached hydrogen (secondary N) is 1. The molecule has 0 aliphatic rings. The topological polar surface area (TPSA) is 85.6 Å². The third-order valence-electron chi connectivity index (χ3n) is 4.22. The minimum absolute atomic E-state index is 0.0146. The van der Waals surface area contributed by atoms with E-state index >= 15 is 0 Å². The number of benzene rings is 1. The van der Waals surface area contributed by atoms with Crippen molar-refractivity contribution >= 4 is 22.8 Å². The minimum atomic E-state index is -0.466. The Morgan fingerprint density at radius 1 is 1.19 bits per heavy atom. The molecule has 1 aromatic carbocycles. The van der Waals surface area contributed by atoms with Crippen molar-refractivity contribution in [2.75, 3.05) is 6.54 Å². The van der Waals surface area contributed by atoms with Crippen molar-refractivity contribution in [1.82, 2.24) is 5.32 Å². The summed E-state index contributed by atoms with van der Waals surface area (Å²) in [6.45, 7) is 7.96. The molecule has 0 atom stereocenters. The van der Waals surface area contributed by atoms with E-state index in [1.807, 2.05) is 45.9 Å². The van der Waals surface area contributed by atoms with Gasteiger partial charge >= 0.3 is 11.6 Å². The first-order valence-corrected chi connectivity index (χ1v) is 9.20. The summed E-state index contributed by atoms with van der Waals surface area (Å²) in [5, 5.41) is 3.55. The van der Waals surface area contributed by atoms with Gasteiger partial charge < -0.3 is 14.5 Å². The van der Waals surface area contributed by atoms with E-state index in [1.165, 1.54) is 6.07 Å². The Morgan fingerprint density at radius 2 is 1.93 bits per heavy atom. The number of esters is 1. The lowest BCUT2D eigenvalue weighted by Crippen LogP contribution is -2.35. The molecule has 0 aliphatic carbocycles. The Hall–Kier alpha value is -2.63. The van der Waals surface area contributed by atoms with Gasteiger partial charge in [-0.15, -0.1) is 0 Å². The summed E-state index contributed by atoms with van der Waals surface area (Å²) >= 11 is 0. The number of fused-ring (bicyclic) bond motifs is 1. The first-order chi connectivity index (χ1) is 12.7. The summed E-state index contributed by atoms with van der Waals surface area (Å²) in [6, 6.07) is 7.03. The van der Waals surface area contributed by atoms with Crippen LogP contribution in [-0.4, -0.2) is 18.4 Å². The van der Waals surface area contributed by atoms with Crippen LogP contribution in [0.2, 0.25) is 0 Å². The van der Waals surface area contributed by atoms with Crippen molar-refractivity contribution in [2.45, 2.75) is 53.6 Å². The van der Waals surface area contributed by atoms with E-state index in [0.717, 1.165) is 17.4 Å². The molecular formula is C21H27NO5. The lowest BCUT2D eigenvalue weighted by molar-refractivity contribution is -0.145. The Bertz CT molecular complexity index is 876. The van der Waals surface area contributed by atoms with Gasteiger partial charge in [-0.05, 0) is 24.5 Å². The molecule has 0 fully saturated rings. The molecule has 0 spiro atoms. The largest absolute Gasteiger partial charge is 0.461 e. The third kappa shape index (κ3) is 5.94. The fourth-order valence-corrected chi connectivity index (χ4v) is 2.54. The quantitative estimate of drug-likeness (QED) is 0.457. The van der Waals surface area contributed by atoms with Crippen molar-refractivity contribution in [3.8, 4) is 0 Å². The summed E-state index contributed by atoms with van der Waals surface area (Å²) < 4.78 is 10.5. The van der Waals surface area contributed by atoms with E-state index in [-0.39, 0.29) is 24.9 Å².